The van der Waals surface area contributed by atoms with Crippen molar-refractivity contribution in [3.05, 3.63) is 64.7 Å². The van der Waals surface area contributed by atoms with Crippen LogP contribution in [-0.4, -0.2) is 77.4 Å². The molecule has 1 aliphatic carbocycles. The topological polar surface area (TPSA) is 155 Å². The van der Waals surface area contributed by atoms with Crippen LogP contribution in [0.1, 0.15) is 116 Å². The molecule has 2 aromatic rings. The summed E-state index contributed by atoms with van der Waals surface area (Å²) in [5, 5.41) is 13.5. The molecular weight excluding hydrogens is 722 g/mol. The van der Waals surface area contributed by atoms with Gasteiger partial charge in [-0.1, -0.05) is 94.4 Å². The number of hydrogen-bond acceptors (Lipinski definition) is 8. The van der Waals surface area contributed by atoms with Crippen LogP contribution in [0.2, 0.25) is 5.02 Å². The summed E-state index contributed by atoms with van der Waals surface area (Å²) >= 11 is 6.28. The van der Waals surface area contributed by atoms with Gasteiger partial charge >= 0.3 is 0 Å². The van der Waals surface area contributed by atoms with Crippen molar-refractivity contribution in [1.29, 1.82) is 0 Å². The van der Waals surface area contributed by atoms with E-state index in [4.69, 9.17) is 21.2 Å². The van der Waals surface area contributed by atoms with Crippen LogP contribution in [0.3, 0.4) is 0 Å². The predicted octanol–water partition coefficient (Wildman–Crippen LogP) is 6.05. The van der Waals surface area contributed by atoms with Gasteiger partial charge in [-0.3, -0.25) is 24.0 Å². The summed E-state index contributed by atoms with van der Waals surface area (Å²) in [7, 11) is 1.55. The molecule has 1 spiro atoms. The van der Waals surface area contributed by atoms with Gasteiger partial charge < -0.3 is 30.4 Å². The van der Waals surface area contributed by atoms with Crippen LogP contribution in [0.15, 0.2) is 53.7 Å². The normalized spacial score (nSPS) is 21.5. The van der Waals surface area contributed by atoms with Gasteiger partial charge in [0, 0.05) is 29.8 Å². The van der Waals surface area contributed by atoms with E-state index in [9.17, 15) is 24.0 Å². The highest BCUT2D eigenvalue weighted by Gasteiger charge is 2.55. The summed E-state index contributed by atoms with van der Waals surface area (Å²) in [6.07, 6.45) is 6.76. The lowest BCUT2D eigenvalue weighted by Crippen LogP contribution is -2.59. The number of likely N-dealkylation sites (tertiary alicyclic amines) is 1. The third-order valence-corrected chi connectivity index (χ3v) is 11.2. The van der Waals surface area contributed by atoms with Crippen LogP contribution < -0.4 is 20.7 Å². The third-order valence-electron chi connectivity index (χ3n) is 11.0. The summed E-state index contributed by atoms with van der Waals surface area (Å²) in [6, 6.07) is 10.7. The van der Waals surface area contributed by atoms with Gasteiger partial charge in [-0.25, -0.2) is 0 Å². The monoisotopic (exact) mass is 777 g/mol. The lowest BCUT2D eigenvalue weighted by Gasteiger charge is -2.36. The molecule has 13 heteroatoms. The number of Topliss-reactive ketones (excluding diaryl/α,β-unsaturated/α-hetero) is 1. The first kappa shape index (κ1) is 41.7. The van der Waals surface area contributed by atoms with E-state index in [1.54, 1.807) is 44.4 Å². The number of methoxy groups -OCH3 is 1. The number of halogens is 1. The second kappa shape index (κ2) is 18.0. The second-order valence-corrected chi connectivity index (χ2v) is 16.9. The lowest BCUT2D eigenvalue weighted by atomic mass is 9.84. The zero-order chi connectivity index (χ0) is 39.9. The van der Waals surface area contributed by atoms with Gasteiger partial charge in [0.1, 0.15) is 17.8 Å². The molecule has 1 saturated heterocycles. The number of oxime groups is 1. The van der Waals surface area contributed by atoms with Crippen molar-refractivity contribution >= 4 is 46.7 Å². The van der Waals surface area contributed by atoms with Gasteiger partial charge in [0.05, 0.1) is 31.4 Å². The minimum atomic E-state index is -1.14. The average molecular weight is 778 g/mol. The quantitative estimate of drug-likeness (QED) is 0.198. The van der Waals surface area contributed by atoms with E-state index in [2.05, 4.69) is 21.1 Å². The lowest BCUT2D eigenvalue weighted by molar-refractivity contribution is -0.145. The van der Waals surface area contributed by atoms with E-state index >= 15 is 0 Å². The van der Waals surface area contributed by atoms with E-state index in [1.165, 1.54) is 11.3 Å². The van der Waals surface area contributed by atoms with Crippen molar-refractivity contribution < 1.29 is 33.5 Å². The molecule has 55 heavy (non-hydrogen) atoms. The maximum atomic E-state index is 14.7. The Bertz CT molecular complexity index is 1770. The summed E-state index contributed by atoms with van der Waals surface area (Å²) < 4.78 is 5.30. The molecule has 2 aromatic carbocycles. The molecule has 5 rings (SSSR count). The largest absolute Gasteiger partial charge is 0.497 e. The number of ether oxygens (including phenoxy) is 1. The van der Waals surface area contributed by atoms with E-state index in [1.807, 2.05) is 45.9 Å². The predicted molar refractivity (Wildman–Crippen MR) is 211 cm³/mol. The molecule has 3 aliphatic rings. The molecule has 3 N–H and O–H groups in total. The molecule has 2 heterocycles. The van der Waals surface area contributed by atoms with Crippen molar-refractivity contribution in [3.63, 3.8) is 0 Å². The van der Waals surface area contributed by atoms with Crippen LogP contribution in [-0.2, 0) is 28.8 Å². The molecule has 298 valence electrons. The summed E-state index contributed by atoms with van der Waals surface area (Å²) in [4.78, 5) is 77.1. The Labute approximate surface area is 329 Å². The molecular formula is C42H56ClN5O7. The number of ketones is 1. The van der Waals surface area contributed by atoms with E-state index in [0.717, 1.165) is 36.8 Å². The van der Waals surface area contributed by atoms with Gasteiger partial charge in [-0.05, 0) is 67.3 Å². The first-order chi connectivity index (χ1) is 26.1. The molecule has 0 unspecified atom stereocenters. The van der Waals surface area contributed by atoms with Crippen LogP contribution in [0.4, 0.5) is 0 Å². The number of amides is 4. The Balaban J connectivity index is 1.37. The Morgan fingerprint density at radius 2 is 1.75 bits per heavy atom. The Morgan fingerprint density at radius 1 is 1.02 bits per heavy atom. The molecule has 4 amide bonds. The fourth-order valence-corrected chi connectivity index (χ4v) is 8.08. The molecule has 2 fully saturated rings. The SMILES string of the molecule is CCC[C@H](NC(=O)[C@@H]1C[C@]2(CC(c3cccc(Cl)c3)=NO2)CN1C(=O)[C@@H](NC(=O)CC1CCCCC1)C(C)(C)C)C(=O)C(=O)N[C@@H](C)c1cccc(OC)c1. The average Bonchev–Trinajstić information content (AvgIpc) is 3.76. The number of benzene rings is 2. The number of carbonyl (C=O) groups is 5. The smallest absolute Gasteiger partial charge is 0.290 e. The fraction of sp³-hybridized carbons (Fsp3) is 0.571. The van der Waals surface area contributed by atoms with Crippen molar-refractivity contribution in [1.82, 2.24) is 20.9 Å². The van der Waals surface area contributed by atoms with E-state index < -0.39 is 58.7 Å². The number of carbonyl (C=O) groups excluding carboxylic acids is 5. The number of nitrogens with zero attached hydrogens (tertiary/aromatic N) is 2. The van der Waals surface area contributed by atoms with E-state index in [0.29, 0.717) is 35.7 Å². The standard InChI is InChI=1S/C42H56ClN5O7/c1-7-13-32(36(50)39(52)44-26(2)28-16-12-19-31(22-28)54-6)45-38(51)34-24-42(23-33(47-55-42)29-17-11-18-30(43)21-29)25-48(34)40(53)37(41(3,4)5)46-35(49)20-27-14-9-8-10-15-27/h11-12,16-19,21-22,26-27,32,34,37H,7-10,13-15,20,23-25H2,1-6H3,(H,44,52)(H,45,51)(H,46,49)/t26-,32-,34-,37+,42+/m0/s1. The molecule has 5 atom stereocenters. The molecule has 0 radical (unpaired) electrons. The van der Waals surface area contributed by atoms with Crippen LogP contribution in [0.5, 0.6) is 5.75 Å². The zero-order valence-corrected chi connectivity index (χ0v) is 33.7. The Morgan fingerprint density at radius 3 is 2.42 bits per heavy atom. The van der Waals surface area contributed by atoms with Crippen molar-refractivity contribution in [2.75, 3.05) is 13.7 Å². The molecule has 0 aromatic heterocycles. The zero-order valence-electron chi connectivity index (χ0n) is 32.9. The van der Waals surface area contributed by atoms with Gasteiger partial charge in [-0.15, -0.1) is 0 Å². The van der Waals surface area contributed by atoms with Crippen molar-refractivity contribution in [2.45, 2.75) is 129 Å². The first-order valence-electron chi connectivity index (χ1n) is 19.5. The fourth-order valence-electron chi connectivity index (χ4n) is 7.89. The molecule has 0 bridgehead atoms. The van der Waals surface area contributed by atoms with Gasteiger partial charge in [0.15, 0.2) is 5.60 Å². The minimum Gasteiger partial charge on any atom is -0.497 e. The van der Waals surface area contributed by atoms with Crippen LogP contribution >= 0.6 is 11.6 Å². The number of rotatable bonds is 14. The van der Waals surface area contributed by atoms with Gasteiger partial charge in [0.25, 0.3) is 5.91 Å². The maximum absolute atomic E-state index is 14.7. The van der Waals surface area contributed by atoms with Gasteiger partial charge in [0.2, 0.25) is 23.5 Å². The minimum absolute atomic E-state index is 0.0213. The highest BCUT2D eigenvalue weighted by molar-refractivity contribution is 6.38. The van der Waals surface area contributed by atoms with Crippen molar-refractivity contribution in [2.24, 2.45) is 16.5 Å². The highest BCUT2D eigenvalue weighted by Crippen LogP contribution is 2.40. The van der Waals surface area contributed by atoms with Crippen molar-refractivity contribution in [3.8, 4) is 5.75 Å². The van der Waals surface area contributed by atoms with Crippen LogP contribution in [0, 0.1) is 11.3 Å². The molecule has 2 aliphatic heterocycles. The van der Waals surface area contributed by atoms with Crippen LogP contribution in [0.25, 0.3) is 0 Å². The summed E-state index contributed by atoms with van der Waals surface area (Å²) in [5.41, 5.74) is 0.396. The second-order valence-electron chi connectivity index (χ2n) is 16.4. The summed E-state index contributed by atoms with van der Waals surface area (Å²) in [5.74, 6) is -1.95. The van der Waals surface area contributed by atoms with Gasteiger partial charge in [-0.2, -0.15) is 0 Å². The highest BCUT2D eigenvalue weighted by atomic mass is 35.5. The Kier molecular flexibility index (Phi) is 13.7. The molecule has 12 nitrogen and oxygen atoms in total. The number of hydrogen-bond donors (Lipinski definition) is 3. The van der Waals surface area contributed by atoms with E-state index in [-0.39, 0.29) is 31.2 Å². The first-order valence-corrected chi connectivity index (χ1v) is 19.9. The molecule has 1 saturated carbocycles. The number of nitrogens with one attached hydrogen (secondary N) is 3. The Hall–Kier alpha value is -4.45. The maximum Gasteiger partial charge on any atom is 0.290 e. The summed E-state index contributed by atoms with van der Waals surface area (Å²) in [6.45, 7) is 9.28. The third kappa shape index (κ3) is 10.4.